The maximum atomic E-state index is 6.46. The summed E-state index contributed by atoms with van der Waals surface area (Å²) >= 11 is 6.46. The van der Waals surface area contributed by atoms with Gasteiger partial charge in [-0.3, -0.25) is 0 Å². The van der Waals surface area contributed by atoms with E-state index in [2.05, 4.69) is 22.3 Å². The number of nitrogens with zero attached hydrogens (tertiary/aromatic N) is 1. The molecule has 3 nitrogen and oxygen atoms in total. The van der Waals surface area contributed by atoms with Gasteiger partial charge in [-0.25, -0.2) is 0 Å². The molecule has 0 radical (unpaired) electrons. The Morgan fingerprint density at radius 3 is 2.95 bits per heavy atom. The van der Waals surface area contributed by atoms with Gasteiger partial charge in [-0.1, -0.05) is 23.7 Å². The van der Waals surface area contributed by atoms with Crippen LogP contribution in [-0.4, -0.2) is 32.8 Å². The highest BCUT2D eigenvalue weighted by Gasteiger charge is 2.26. The SMILES string of the molecule is COCC1CCN(c2c(Cl)cccc2CNC2CC2)C1. The second kappa shape index (κ2) is 6.33. The minimum Gasteiger partial charge on any atom is -0.384 e. The van der Waals surface area contributed by atoms with E-state index in [-0.39, 0.29) is 0 Å². The Bertz CT molecular complexity index is 462. The summed E-state index contributed by atoms with van der Waals surface area (Å²) < 4.78 is 5.29. The molecule has 1 unspecified atom stereocenters. The Morgan fingerprint density at radius 1 is 1.35 bits per heavy atom. The lowest BCUT2D eigenvalue weighted by Gasteiger charge is -2.24. The summed E-state index contributed by atoms with van der Waals surface area (Å²) in [5.41, 5.74) is 2.54. The third kappa shape index (κ3) is 3.27. The molecular weight excluding hydrogens is 272 g/mol. The predicted octanol–water partition coefficient (Wildman–Crippen LogP) is 3.06. The fourth-order valence-corrected chi connectivity index (χ4v) is 3.32. The van der Waals surface area contributed by atoms with E-state index in [4.69, 9.17) is 16.3 Å². The van der Waals surface area contributed by atoms with E-state index in [1.165, 1.54) is 30.5 Å². The van der Waals surface area contributed by atoms with Crippen molar-refractivity contribution in [2.24, 2.45) is 5.92 Å². The van der Waals surface area contributed by atoms with Crippen LogP contribution >= 0.6 is 11.6 Å². The fraction of sp³-hybridized carbons (Fsp3) is 0.625. The lowest BCUT2D eigenvalue weighted by atomic mass is 10.1. The van der Waals surface area contributed by atoms with Crippen LogP contribution in [0.15, 0.2) is 18.2 Å². The van der Waals surface area contributed by atoms with Crippen LogP contribution in [0.25, 0.3) is 0 Å². The van der Waals surface area contributed by atoms with Gasteiger partial charge in [-0.2, -0.15) is 0 Å². The molecule has 0 bridgehead atoms. The summed E-state index contributed by atoms with van der Waals surface area (Å²) in [6.07, 6.45) is 3.82. The van der Waals surface area contributed by atoms with Crippen LogP contribution in [0, 0.1) is 5.92 Å². The third-order valence-electron chi connectivity index (χ3n) is 4.23. The molecule has 3 rings (SSSR count). The molecule has 0 amide bonds. The van der Waals surface area contributed by atoms with Crippen LogP contribution in [-0.2, 0) is 11.3 Å². The highest BCUT2D eigenvalue weighted by molar-refractivity contribution is 6.33. The molecule has 1 aliphatic heterocycles. The van der Waals surface area contributed by atoms with Crippen molar-refractivity contribution in [1.29, 1.82) is 0 Å². The minimum absolute atomic E-state index is 0.625. The molecule has 20 heavy (non-hydrogen) atoms. The fourth-order valence-electron chi connectivity index (χ4n) is 3.01. The zero-order chi connectivity index (χ0) is 13.9. The first kappa shape index (κ1) is 14.2. The van der Waals surface area contributed by atoms with Gasteiger partial charge in [0.2, 0.25) is 0 Å². The number of nitrogens with one attached hydrogen (secondary N) is 1. The second-order valence-corrected chi connectivity index (χ2v) is 6.37. The average Bonchev–Trinajstić information content (AvgIpc) is 3.16. The molecule has 2 fully saturated rings. The van der Waals surface area contributed by atoms with Crippen LogP contribution in [0.5, 0.6) is 0 Å². The molecule has 1 saturated heterocycles. The molecule has 0 spiro atoms. The Morgan fingerprint density at radius 2 is 2.20 bits per heavy atom. The Kier molecular flexibility index (Phi) is 4.49. The number of anilines is 1. The van der Waals surface area contributed by atoms with Crippen LogP contribution < -0.4 is 10.2 Å². The van der Waals surface area contributed by atoms with Gasteiger partial charge in [0.25, 0.3) is 0 Å². The zero-order valence-corrected chi connectivity index (χ0v) is 12.8. The summed E-state index contributed by atoms with van der Waals surface area (Å²) in [4.78, 5) is 2.43. The summed E-state index contributed by atoms with van der Waals surface area (Å²) in [7, 11) is 1.78. The topological polar surface area (TPSA) is 24.5 Å². The van der Waals surface area contributed by atoms with Gasteiger partial charge in [-0.15, -0.1) is 0 Å². The van der Waals surface area contributed by atoms with Crippen molar-refractivity contribution in [2.75, 3.05) is 31.7 Å². The molecular formula is C16H23ClN2O. The van der Waals surface area contributed by atoms with Crippen LogP contribution in [0.2, 0.25) is 5.02 Å². The van der Waals surface area contributed by atoms with E-state index in [9.17, 15) is 0 Å². The van der Waals surface area contributed by atoms with Gasteiger partial charge in [-0.05, 0) is 30.9 Å². The van der Waals surface area contributed by atoms with Crippen molar-refractivity contribution in [3.63, 3.8) is 0 Å². The lowest BCUT2D eigenvalue weighted by molar-refractivity contribution is 0.161. The van der Waals surface area contributed by atoms with Crippen molar-refractivity contribution in [3.8, 4) is 0 Å². The van der Waals surface area contributed by atoms with Crippen molar-refractivity contribution < 1.29 is 4.74 Å². The number of rotatable bonds is 6. The van der Waals surface area contributed by atoms with E-state index in [0.29, 0.717) is 5.92 Å². The molecule has 1 saturated carbocycles. The Labute approximate surface area is 126 Å². The first-order valence-corrected chi connectivity index (χ1v) is 7.90. The quantitative estimate of drug-likeness (QED) is 0.873. The zero-order valence-electron chi connectivity index (χ0n) is 12.1. The van der Waals surface area contributed by atoms with Gasteiger partial charge < -0.3 is 15.0 Å². The summed E-state index contributed by atoms with van der Waals surface area (Å²) in [5, 5.41) is 4.46. The minimum atomic E-state index is 0.625. The van der Waals surface area contributed by atoms with Gasteiger partial charge in [0.1, 0.15) is 0 Å². The van der Waals surface area contributed by atoms with Crippen LogP contribution in [0.1, 0.15) is 24.8 Å². The highest BCUT2D eigenvalue weighted by atomic mass is 35.5. The predicted molar refractivity (Wildman–Crippen MR) is 83.5 cm³/mol. The average molecular weight is 295 g/mol. The van der Waals surface area contributed by atoms with E-state index in [0.717, 1.165) is 37.3 Å². The van der Waals surface area contributed by atoms with Crippen molar-refractivity contribution in [3.05, 3.63) is 28.8 Å². The lowest BCUT2D eigenvalue weighted by Crippen LogP contribution is -2.24. The maximum absolute atomic E-state index is 6.46. The Balaban J connectivity index is 1.73. The number of halogens is 1. The standard InChI is InChI=1S/C16H23ClN2O/c1-20-11-12-7-8-19(10-12)16-13(3-2-4-15(16)17)9-18-14-5-6-14/h2-4,12,14,18H,5-11H2,1H3. The number of methoxy groups -OCH3 is 1. The number of ether oxygens (including phenoxy) is 1. The molecule has 1 aliphatic carbocycles. The van der Waals surface area contributed by atoms with E-state index < -0.39 is 0 Å². The third-order valence-corrected chi connectivity index (χ3v) is 4.54. The molecule has 0 aromatic heterocycles. The monoisotopic (exact) mass is 294 g/mol. The van der Waals surface area contributed by atoms with Crippen molar-refractivity contribution in [1.82, 2.24) is 5.32 Å². The van der Waals surface area contributed by atoms with E-state index in [1.807, 2.05) is 6.07 Å². The summed E-state index contributed by atoms with van der Waals surface area (Å²) in [6.45, 7) is 3.89. The molecule has 1 aromatic rings. The smallest absolute Gasteiger partial charge is 0.0642 e. The number of para-hydroxylation sites is 1. The van der Waals surface area contributed by atoms with Crippen LogP contribution in [0.3, 0.4) is 0 Å². The van der Waals surface area contributed by atoms with E-state index in [1.54, 1.807) is 7.11 Å². The maximum Gasteiger partial charge on any atom is 0.0642 e. The first-order chi connectivity index (χ1) is 9.78. The highest BCUT2D eigenvalue weighted by Crippen LogP contribution is 2.34. The number of benzene rings is 1. The molecule has 1 heterocycles. The Hall–Kier alpha value is -0.770. The normalized spacial score (nSPS) is 22.5. The molecule has 1 N–H and O–H groups in total. The van der Waals surface area contributed by atoms with E-state index >= 15 is 0 Å². The van der Waals surface area contributed by atoms with Crippen LogP contribution in [0.4, 0.5) is 5.69 Å². The molecule has 2 aliphatic rings. The first-order valence-electron chi connectivity index (χ1n) is 7.52. The molecule has 1 atom stereocenters. The molecule has 4 heteroatoms. The van der Waals surface area contributed by atoms with Gasteiger partial charge in [0, 0.05) is 38.7 Å². The second-order valence-electron chi connectivity index (χ2n) is 5.96. The summed E-state index contributed by atoms with van der Waals surface area (Å²) in [5.74, 6) is 0.625. The van der Waals surface area contributed by atoms with Crippen molar-refractivity contribution in [2.45, 2.75) is 31.8 Å². The van der Waals surface area contributed by atoms with Gasteiger partial charge >= 0.3 is 0 Å². The number of hydrogen-bond donors (Lipinski definition) is 1. The summed E-state index contributed by atoms with van der Waals surface area (Å²) in [6, 6.07) is 6.97. The van der Waals surface area contributed by atoms with Crippen molar-refractivity contribution >= 4 is 17.3 Å². The van der Waals surface area contributed by atoms with Gasteiger partial charge in [0.15, 0.2) is 0 Å². The van der Waals surface area contributed by atoms with Gasteiger partial charge in [0.05, 0.1) is 17.3 Å². The number of hydrogen-bond acceptors (Lipinski definition) is 3. The molecule has 110 valence electrons. The largest absolute Gasteiger partial charge is 0.384 e. The molecule has 1 aromatic carbocycles.